The van der Waals surface area contributed by atoms with Gasteiger partial charge in [-0.05, 0) is 25.3 Å². The zero-order valence-corrected chi connectivity index (χ0v) is 7.37. The van der Waals surface area contributed by atoms with Crippen molar-refractivity contribution in [3.63, 3.8) is 0 Å². The van der Waals surface area contributed by atoms with Crippen molar-refractivity contribution >= 4 is 12.6 Å². The van der Waals surface area contributed by atoms with Crippen molar-refractivity contribution in [3.8, 4) is 0 Å². The van der Waals surface area contributed by atoms with Crippen molar-refractivity contribution in [1.29, 1.82) is 0 Å². The van der Waals surface area contributed by atoms with Crippen LogP contribution in [-0.2, 0) is 0 Å². The quantitative estimate of drug-likeness (QED) is 0.470. The molecule has 0 aliphatic heterocycles. The van der Waals surface area contributed by atoms with Gasteiger partial charge < -0.3 is 5.32 Å². The van der Waals surface area contributed by atoms with Crippen molar-refractivity contribution in [3.05, 3.63) is 0 Å². The minimum Gasteiger partial charge on any atom is -0.316 e. The molecular weight excluding hydrogens is 142 g/mol. The van der Waals surface area contributed by atoms with Crippen LogP contribution < -0.4 is 5.32 Å². The first-order valence-electron chi connectivity index (χ1n) is 4.25. The lowest BCUT2D eigenvalue weighted by Gasteiger charge is -2.08. The second-order valence-electron chi connectivity index (χ2n) is 3.08. The van der Waals surface area contributed by atoms with E-state index in [1.807, 2.05) is 0 Å². The maximum Gasteiger partial charge on any atom is 0.00398 e. The Kier molecular flexibility index (Phi) is 4.23. The summed E-state index contributed by atoms with van der Waals surface area (Å²) in [4.78, 5) is 0. The Bertz CT molecular complexity index is 79.3. The van der Waals surface area contributed by atoms with Gasteiger partial charge in [0.25, 0.3) is 0 Å². The highest BCUT2D eigenvalue weighted by Gasteiger charge is 2.13. The molecule has 1 saturated carbocycles. The fraction of sp³-hybridized carbons (Fsp3) is 1.00. The van der Waals surface area contributed by atoms with Gasteiger partial charge in [-0.25, -0.2) is 0 Å². The highest BCUT2D eigenvalue weighted by Crippen LogP contribution is 2.23. The summed E-state index contributed by atoms with van der Waals surface area (Å²) < 4.78 is 0. The van der Waals surface area contributed by atoms with E-state index in [-0.39, 0.29) is 0 Å². The van der Waals surface area contributed by atoms with Crippen molar-refractivity contribution < 1.29 is 0 Å². The van der Waals surface area contributed by atoms with E-state index < -0.39 is 0 Å². The van der Waals surface area contributed by atoms with Gasteiger partial charge in [0.2, 0.25) is 0 Å². The molecule has 0 unspecified atom stereocenters. The molecule has 0 bridgehead atoms. The molecule has 0 aromatic rings. The van der Waals surface area contributed by atoms with E-state index in [1.54, 1.807) is 0 Å². The minimum atomic E-state index is 0.965. The summed E-state index contributed by atoms with van der Waals surface area (Å²) in [6.45, 7) is 2.29. The normalized spacial score (nSPS) is 20.1. The minimum absolute atomic E-state index is 0.965. The highest BCUT2D eigenvalue weighted by atomic mass is 32.1. The molecule has 0 aromatic heterocycles. The van der Waals surface area contributed by atoms with E-state index in [4.69, 9.17) is 0 Å². The van der Waals surface area contributed by atoms with Crippen molar-refractivity contribution in [2.75, 3.05) is 18.8 Å². The summed E-state index contributed by atoms with van der Waals surface area (Å²) in [6.07, 6.45) is 5.79. The predicted octanol–water partition coefficient (Wildman–Crippen LogP) is 1.70. The number of rotatable bonds is 4. The SMILES string of the molecule is SCCNCC1CCCC1. The van der Waals surface area contributed by atoms with E-state index in [2.05, 4.69) is 17.9 Å². The van der Waals surface area contributed by atoms with Crippen LogP contribution in [0.3, 0.4) is 0 Å². The Morgan fingerprint density at radius 1 is 1.30 bits per heavy atom. The van der Waals surface area contributed by atoms with Gasteiger partial charge in [-0.3, -0.25) is 0 Å². The standard InChI is InChI=1S/C8H17NS/c10-6-5-9-7-8-3-1-2-4-8/h8-10H,1-7H2. The first kappa shape index (κ1) is 8.41. The fourth-order valence-corrected chi connectivity index (χ4v) is 1.76. The Balaban J connectivity index is 1.91. The molecule has 0 spiro atoms. The van der Waals surface area contributed by atoms with Gasteiger partial charge in [0.1, 0.15) is 0 Å². The molecule has 1 rings (SSSR count). The van der Waals surface area contributed by atoms with Gasteiger partial charge in [0, 0.05) is 12.3 Å². The summed E-state index contributed by atoms with van der Waals surface area (Å²) in [5.74, 6) is 1.94. The van der Waals surface area contributed by atoms with Crippen LogP contribution in [0.1, 0.15) is 25.7 Å². The predicted molar refractivity (Wildman–Crippen MR) is 48.7 cm³/mol. The molecule has 10 heavy (non-hydrogen) atoms. The average molecular weight is 159 g/mol. The topological polar surface area (TPSA) is 12.0 Å². The van der Waals surface area contributed by atoms with Crippen molar-refractivity contribution in [2.45, 2.75) is 25.7 Å². The van der Waals surface area contributed by atoms with E-state index in [0.29, 0.717) is 0 Å². The lowest BCUT2D eigenvalue weighted by molar-refractivity contribution is 0.500. The molecule has 0 amide bonds. The van der Waals surface area contributed by atoms with Gasteiger partial charge in [0.05, 0.1) is 0 Å². The number of nitrogens with one attached hydrogen (secondary N) is 1. The Hall–Kier alpha value is 0.310. The van der Waals surface area contributed by atoms with Gasteiger partial charge >= 0.3 is 0 Å². The zero-order valence-electron chi connectivity index (χ0n) is 6.47. The molecule has 1 nitrogen and oxygen atoms in total. The van der Waals surface area contributed by atoms with Crippen LogP contribution in [0.4, 0.5) is 0 Å². The summed E-state index contributed by atoms with van der Waals surface area (Å²) >= 11 is 4.13. The Morgan fingerprint density at radius 2 is 2.00 bits per heavy atom. The van der Waals surface area contributed by atoms with E-state index >= 15 is 0 Å². The Morgan fingerprint density at radius 3 is 2.60 bits per heavy atom. The highest BCUT2D eigenvalue weighted by molar-refractivity contribution is 7.80. The van der Waals surface area contributed by atoms with Crippen LogP contribution in [0.2, 0.25) is 0 Å². The summed E-state index contributed by atoms with van der Waals surface area (Å²) in [7, 11) is 0. The third-order valence-corrected chi connectivity index (χ3v) is 2.42. The van der Waals surface area contributed by atoms with Crippen LogP contribution in [-0.4, -0.2) is 18.8 Å². The second-order valence-corrected chi connectivity index (χ2v) is 3.53. The second kappa shape index (κ2) is 5.03. The number of hydrogen-bond donors (Lipinski definition) is 2. The molecule has 1 fully saturated rings. The zero-order chi connectivity index (χ0) is 7.23. The third kappa shape index (κ3) is 2.93. The molecule has 1 aliphatic rings. The van der Waals surface area contributed by atoms with Crippen LogP contribution in [0.15, 0.2) is 0 Å². The van der Waals surface area contributed by atoms with Crippen molar-refractivity contribution in [2.24, 2.45) is 5.92 Å². The van der Waals surface area contributed by atoms with Crippen molar-refractivity contribution in [1.82, 2.24) is 5.32 Å². The monoisotopic (exact) mass is 159 g/mol. The average Bonchev–Trinajstić information content (AvgIpc) is 2.41. The van der Waals surface area contributed by atoms with E-state index in [9.17, 15) is 0 Å². The van der Waals surface area contributed by atoms with Crippen LogP contribution in [0, 0.1) is 5.92 Å². The molecule has 1 N–H and O–H groups in total. The van der Waals surface area contributed by atoms with Crippen LogP contribution in [0.25, 0.3) is 0 Å². The molecule has 0 aromatic carbocycles. The van der Waals surface area contributed by atoms with Crippen LogP contribution in [0.5, 0.6) is 0 Å². The lowest BCUT2D eigenvalue weighted by atomic mass is 10.1. The molecule has 0 radical (unpaired) electrons. The molecule has 0 saturated heterocycles. The molecule has 0 heterocycles. The Labute approximate surface area is 69.0 Å². The summed E-state index contributed by atoms with van der Waals surface area (Å²) in [5.41, 5.74) is 0. The van der Waals surface area contributed by atoms with Crippen LogP contribution >= 0.6 is 12.6 Å². The van der Waals surface area contributed by atoms with Gasteiger partial charge in [-0.2, -0.15) is 12.6 Å². The number of hydrogen-bond acceptors (Lipinski definition) is 2. The fourth-order valence-electron chi connectivity index (χ4n) is 1.60. The van der Waals surface area contributed by atoms with E-state index in [0.717, 1.165) is 18.2 Å². The lowest BCUT2D eigenvalue weighted by Crippen LogP contribution is -2.22. The molecule has 60 valence electrons. The molecule has 0 atom stereocenters. The first-order chi connectivity index (χ1) is 4.93. The van der Waals surface area contributed by atoms with Gasteiger partial charge in [0.15, 0.2) is 0 Å². The molecule has 1 aliphatic carbocycles. The van der Waals surface area contributed by atoms with E-state index in [1.165, 1.54) is 32.2 Å². The summed E-state index contributed by atoms with van der Waals surface area (Å²) in [5, 5.41) is 3.40. The maximum absolute atomic E-state index is 4.13. The smallest absolute Gasteiger partial charge is 0.00398 e. The van der Waals surface area contributed by atoms with Gasteiger partial charge in [-0.15, -0.1) is 0 Å². The molecule has 2 heteroatoms. The maximum atomic E-state index is 4.13. The summed E-state index contributed by atoms with van der Waals surface area (Å²) in [6, 6.07) is 0. The third-order valence-electron chi connectivity index (χ3n) is 2.20. The first-order valence-corrected chi connectivity index (χ1v) is 4.88. The van der Waals surface area contributed by atoms with Gasteiger partial charge in [-0.1, -0.05) is 12.8 Å². The number of thiol groups is 1. The largest absolute Gasteiger partial charge is 0.316 e. The molecular formula is C8H17NS.